The van der Waals surface area contributed by atoms with E-state index in [4.69, 9.17) is 9.47 Å². The van der Waals surface area contributed by atoms with E-state index in [0.29, 0.717) is 22.2 Å². The van der Waals surface area contributed by atoms with Crippen LogP contribution in [0.1, 0.15) is 54.0 Å². The molecule has 0 bridgehead atoms. The molecule has 1 heterocycles. The Morgan fingerprint density at radius 1 is 1.13 bits per heavy atom. The van der Waals surface area contributed by atoms with Gasteiger partial charge in [0.1, 0.15) is 23.5 Å². The quantitative estimate of drug-likeness (QED) is 0.798. The van der Waals surface area contributed by atoms with Crippen LogP contribution in [0.4, 0.5) is 4.79 Å². The number of hydrogen-bond acceptors (Lipinski definition) is 5. The van der Waals surface area contributed by atoms with E-state index in [2.05, 4.69) is 11.4 Å². The van der Waals surface area contributed by atoms with Crippen LogP contribution < -0.4 is 15.6 Å². The average Bonchev–Trinajstić information content (AvgIpc) is 2.65. The molecular weight excluding hydrogens is 394 g/mol. The summed E-state index contributed by atoms with van der Waals surface area (Å²) in [5.41, 5.74) is -0.546. The van der Waals surface area contributed by atoms with Gasteiger partial charge in [-0.1, -0.05) is 27.7 Å². The van der Waals surface area contributed by atoms with Gasteiger partial charge in [-0.2, -0.15) is 5.26 Å². The van der Waals surface area contributed by atoms with Crippen LogP contribution >= 0.6 is 0 Å². The van der Waals surface area contributed by atoms with Gasteiger partial charge in [0.15, 0.2) is 0 Å². The molecule has 0 atom stereocenters. The van der Waals surface area contributed by atoms with Crippen molar-refractivity contribution in [3.8, 4) is 11.8 Å². The van der Waals surface area contributed by atoms with E-state index in [0.717, 1.165) is 0 Å². The molecule has 0 unspecified atom stereocenters. The molecule has 0 saturated heterocycles. The summed E-state index contributed by atoms with van der Waals surface area (Å²) in [6.07, 6.45) is -0.663. The normalized spacial score (nSPS) is 21.6. The highest BCUT2D eigenvalue weighted by molar-refractivity contribution is 5.90. The van der Waals surface area contributed by atoms with Crippen LogP contribution in [0.2, 0.25) is 0 Å². The van der Waals surface area contributed by atoms with Gasteiger partial charge in [0.25, 0.3) is 5.56 Å². The number of carbonyl (C=O) groups is 1. The summed E-state index contributed by atoms with van der Waals surface area (Å²) in [6, 6.07) is 8.60. The summed E-state index contributed by atoms with van der Waals surface area (Å²) in [4.78, 5) is 24.5. The number of pyridine rings is 1. The van der Waals surface area contributed by atoms with Crippen molar-refractivity contribution in [2.24, 2.45) is 17.9 Å². The Morgan fingerprint density at radius 2 is 1.74 bits per heavy atom. The van der Waals surface area contributed by atoms with Crippen LogP contribution in [-0.4, -0.2) is 28.4 Å². The highest BCUT2D eigenvalue weighted by atomic mass is 16.6. The van der Waals surface area contributed by atoms with E-state index in [1.165, 1.54) is 10.6 Å². The van der Waals surface area contributed by atoms with Crippen molar-refractivity contribution in [2.45, 2.75) is 66.2 Å². The largest absolute Gasteiger partial charge is 0.488 e. The fraction of sp³-hybridized carbons (Fsp3) is 0.542. The van der Waals surface area contributed by atoms with Crippen molar-refractivity contribution in [1.82, 2.24) is 9.88 Å². The summed E-state index contributed by atoms with van der Waals surface area (Å²) < 4.78 is 13.4. The van der Waals surface area contributed by atoms with E-state index < -0.39 is 11.7 Å². The van der Waals surface area contributed by atoms with Crippen LogP contribution in [-0.2, 0) is 11.8 Å². The zero-order valence-electron chi connectivity index (χ0n) is 19.5. The molecule has 0 radical (unpaired) electrons. The van der Waals surface area contributed by atoms with Gasteiger partial charge in [-0.05, 0) is 39.0 Å². The van der Waals surface area contributed by atoms with Crippen molar-refractivity contribution in [1.29, 1.82) is 5.26 Å². The van der Waals surface area contributed by atoms with Crippen LogP contribution in [0, 0.1) is 22.2 Å². The fourth-order valence-corrected chi connectivity index (χ4v) is 5.03. The number of nitrogens with zero attached hydrogens (tertiary/aromatic N) is 2. The SMILES string of the molecule is Cn1c(=O)ccc2c(OC3C(C)(C)C(NC(=O)OC(C)(C)C)C3(C)C)ccc(C#N)c21. The average molecular weight is 426 g/mol. The number of rotatable bonds is 3. The summed E-state index contributed by atoms with van der Waals surface area (Å²) in [5, 5.41) is 13.2. The van der Waals surface area contributed by atoms with Crippen LogP contribution in [0.5, 0.6) is 5.75 Å². The Hall–Kier alpha value is -3.01. The first-order valence-electron chi connectivity index (χ1n) is 10.4. The number of amides is 1. The molecule has 1 amide bonds. The number of ether oxygens (including phenoxy) is 2. The zero-order valence-corrected chi connectivity index (χ0v) is 19.5. The second kappa shape index (κ2) is 7.30. The molecule has 2 aromatic rings. The van der Waals surface area contributed by atoms with Gasteiger partial charge < -0.3 is 19.4 Å². The second-order valence-electron chi connectivity index (χ2n) is 10.4. The van der Waals surface area contributed by atoms with Crippen LogP contribution in [0.25, 0.3) is 10.9 Å². The molecule has 1 aliphatic rings. The molecule has 7 nitrogen and oxygen atoms in total. The molecule has 0 aliphatic heterocycles. The van der Waals surface area contributed by atoms with Crippen molar-refractivity contribution in [3.05, 3.63) is 40.2 Å². The molecule has 166 valence electrons. The Balaban J connectivity index is 1.93. The van der Waals surface area contributed by atoms with Crippen molar-refractivity contribution in [2.75, 3.05) is 0 Å². The molecule has 1 aromatic carbocycles. The van der Waals surface area contributed by atoms with Crippen LogP contribution in [0.15, 0.2) is 29.1 Å². The second-order valence-corrected chi connectivity index (χ2v) is 10.4. The lowest BCUT2D eigenvalue weighted by Crippen LogP contribution is -2.74. The number of fused-ring (bicyclic) bond motifs is 1. The molecule has 7 heteroatoms. The molecule has 1 N–H and O–H groups in total. The van der Waals surface area contributed by atoms with Gasteiger partial charge >= 0.3 is 6.09 Å². The Morgan fingerprint density at radius 3 is 2.29 bits per heavy atom. The number of nitriles is 1. The minimum Gasteiger partial charge on any atom is -0.488 e. The Labute approximate surface area is 183 Å². The maximum atomic E-state index is 12.4. The number of hydrogen-bond donors (Lipinski definition) is 1. The minimum absolute atomic E-state index is 0.158. The maximum absolute atomic E-state index is 12.4. The first kappa shape index (κ1) is 22.7. The lowest BCUT2D eigenvalue weighted by Gasteiger charge is -2.62. The molecule has 3 rings (SSSR count). The Bertz CT molecular complexity index is 1120. The maximum Gasteiger partial charge on any atom is 0.407 e. The van der Waals surface area contributed by atoms with Crippen molar-refractivity contribution in [3.63, 3.8) is 0 Å². The molecule has 1 saturated carbocycles. The van der Waals surface area contributed by atoms with Gasteiger partial charge in [-0.3, -0.25) is 4.79 Å². The number of nitrogens with one attached hydrogen (secondary N) is 1. The number of aryl methyl sites for hydroxylation is 1. The molecule has 0 spiro atoms. The first-order valence-corrected chi connectivity index (χ1v) is 10.4. The minimum atomic E-state index is -0.574. The first-order chi connectivity index (χ1) is 14.2. The van der Waals surface area contributed by atoms with Gasteiger partial charge in [-0.15, -0.1) is 0 Å². The highest BCUT2D eigenvalue weighted by Crippen LogP contribution is 2.56. The highest BCUT2D eigenvalue weighted by Gasteiger charge is 2.64. The van der Waals surface area contributed by atoms with E-state index in [1.54, 1.807) is 25.2 Å². The summed E-state index contributed by atoms with van der Waals surface area (Å²) >= 11 is 0. The smallest absolute Gasteiger partial charge is 0.407 e. The lowest BCUT2D eigenvalue weighted by atomic mass is 9.49. The monoisotopic (exact) mass is 425 g/mol. The van der Waals surface area contributed by atoms with E-state index in [1.807, 2.05) is 48.5 Å². The molecule has 31 heavy (non-hydrogen) atoms. The predicted molar refractivity (Wildman–Crippen MR) is 119 cm³/mol. The van der Waals surface area contributed by atoms with Crippen molar-refractivity contribution < 1.29 is 14.3 Å². The third kappa shape index (κ3) is 3.87. The predicted octanol–water partition coefficient (Wildman–Crippen LogP) is 4.12. The van der Waals surface area contributed by atoms with E-state index in [-0.39, 0.29) is 28.5 Å². The zero-order chi connectivity index (χ0) is 23.4. The van der Waals surface area contributed by atoms with Crippen molar-refractivity contribution >= 4 is 17.0 Å². The summed E-state index contributed by atoms with van der Waals surface area (Å²) in [5.74, 6) is 0.603. The topological polar surface area (TPSA) is 93.3 Å². The van der Waals surface area contributed by atoms with E-state index >= 15 is 0 Å². The Kier molecular flexibility index (Phi) is 5.34. The third-order valence-electron chi connectivity index (χ3n) is 6.10. The van der Waals surface area contributed by atoms with Crippen LogP contribution in [0.3, 0.4) is 0 Å². The summed E-state index contributed by atoms with van der Waals surface area (Å²) in [6.45, 7) is 13.7. The lowest BCUT2D eigenvalue weighted by molar-refractivity contribution is -0.166. The van der Waals surface area contributed by atoms with Gasteiger partial charge in [0, 0.05) is 35.4 Å². The standard InChI is InChI=1S/C24H31N3O4/c1-22(2,3)31-21(29)26-19-23(4,5)20(24(19,6)7)30-16-11-9-14(13-25)18-15(16)10-12-17(28)27(18)8/h9-12,19-20H,1-8H3,(H,26,29). The number of alkyl carbamates (subject to hydrolysis) is 1. The molecular formula is C24H31N3O4. The molecule has 1 fully saturated rings. The van der Waals surface area contributed by atoms with E-state index in [9.17, 15) is 14.9 Å². The van der Waals surface area contributed by atoms with Gasteiger partial charge in [0.05, 0.1) is 11.1 Å². The molecule has 1 aliphatic carbocycles. The number of aromatic nitrogens is 1. The number of carbonyl (C=O) groups excluding carboxylic acids is 1. The van der Waals surface area contributed by atoms with Gasteiger partial charge in [0.2, 0.25) is 0 Å². The fourth-order valence-electron chi connectivity index (χ4n) is 5.03. The van der Waals surface area contributed by atoms with Gasteiger partial charge in [-0.25, -0.2) is 4.79 Å². The molecule has 1 aromatic heterocycles. The third-order valence-corrected chi connectivity index (χ3v) is 6.10. The summed E-state index contributed by atoms with van der Waals surface area (Å²) in [7, 11) is 1.65. The number of benzene rings is 1.